The average molecular weight is 394 g/mol. The molecule has 1 aliphatic heterocycles. The van der Waals surface area contributed by atoms with Crippen LogP contribution in [0.2, 0.25) is 0 Å². The van der Waals surface area contributed by atoms with Crippen LogP contribution >= 0.6 is 0 Å². The summed E-state index contributed by atoms with van der Waals surface area (Å²) in [5.74, 6) is -0.622. The van der Waals surface area contributed by atoms with Crippen molar-refractivity contribution < 1.29 is 22.8 Å². The smallest absolute Gasteiger partial charge is 0.342 e. The molecule has 0 bridgehead atoms. The van der Waals surface area contributed by atoms with Gasteiger partial charge in [0.25, 0.3) is 0 Å². The lowest BCUT2D eigenvalue weighted by molar-refractivity contribution is -0.137. The molecule has 0 spiro atoms. The van der Waals surface area contributed by atoms with Gasteiger partial charge in [-0.1, -0.05) is 12.1 Å². The summed E-state index contributed by atoms with van der Waals surface area (Å²) in [6.07, 6.45) is 0.890. The Labute approximate surface area is 160 Å². The van der Waals surface area contributed by atoms with Gasteiger partial charge in [-0.05, 0) is 31.4 Å². The van der Waals surface area contributed by atoms with E-state index in [1.54, 1.807) is 15.9 Å². The van der Waals surface area contributed by atoms with Crippen molar-refractivity contribution in [1.29, 1.82) is 0 Å². The number of benzene rings is 1. The number of carbonyl (C=O) groups is 2. The van der Waals surface area contributed by atoms with Gasteiger partial charge in [0.15, 0.2) is 5.78 Å². The van der Waals surface area contributed by atoms with E-state index in [0.717, 1.165) is 12.1 Å². The van der Waals surface area contributed by atoms with E-state index in [0.29, 0.717) is 45.3 Å². The van der Waals surface area contributed by atoms with E-state index in [9.17, 15) is 22.8 Å². The molecule has 1 unspecified atom stereocenters. The van der Waals surface area contributed by atoms with E-state index >= 15 is 0 Å². The molecule has 1 aromatic carbocycles. The van der Waals surface area contributed by atoms with E-state index in [1.807, 2.05) is 0 Å². The summed E-state index contributed by atoms with van der Waals surface area (Å²) in [5, 5.41) is 3.98. The summed E-state index contributed by atoms with van der Waals surface area (Å²) in [6.45, 7) is 1.49. The van der Waals surface area contributed by atoms with Crippen molar-refractivity contribution in [3.8, 4) is 0 Å². The summed E-state index contributed by atoms with van der Waals surface area (Å²) in [5.41, 5.74) is -0.532. The highest BCUT2D eigenvalue weighted by Crippen LogP contribution is 2.30. The van der Waals surface area contributed by atoms with Gasteiger partial charge in [-0.25, -0.2) is 4.98 Å². The van der Waals surface area contributed by atoms with Gasteiger partial charge in [0.2, 0.25) is 5.91 Å². The maximum absolute atomic E-state index is 12.7. The minimum absolute atomic E-state index is 0.0231. The molecule has 3 rings (SSSR count). The second-order valence-corrected chi connectivity index (χ2v) is 6.88. The lowest BCUT2D eigenvalue weighted by atomic mass is 9.89. The second kappa shape index (κ2) is 8.53. The number of hydrogen-bond acceptors (Lipinski definition) is 4. The Morgan fingerprint density at radius 1 is 1.18 bits per heavy atom. The first-order valence-corrected chi connectivity index (χ1v) is 9.16. The summed E-state index contributed by atoms with van der Waals surface area (Å²) in [7, 11) is 0. The molecule has 1 aliphatic rings. The Morgan fingerprint density at radius 2 is 1.93 bits per heavy atom. The number of piperidine rings is 1. The molecule has 0 aliphatic carbocycles. The molecule has 2 heterocycles. The molecule has 9 heteroatoms. The molecule has 6 nitrogen and oxygen atoms in total. The Kier molecular flexibility index (Phi) is 6.11. The quantitative estimate of drug-likeness (QED) is 0.706. The lowest BCUT2D eigenvalue weighted by Crippen LogP contribution is -2.42. The largest absolute Gasteiger partial charge is 0.416 e. The minimum Gasteiger partial charge on any atom is -0.342 e. The van der Waals surface area contributed by atoms with Gasteiger partial charge in [-0.3, -0.25) is 14.3 Å². The fourth-order valence-corrected chi connectivity index (χ4v) is 3.38. The standard InChI is InChI=1S/C19H21F3N4O2/c20-19(21,22)16-7-5-14(6-8-16)18(28)15-3-1-9-25(11-15)17(27)4-2-10-26-13-23-12-24-26/h5-8,12-13,15H,1-4,9-11H2. The van der Waals surface area contributed by atoms with Gasteiger partial charge in [-0.15, -0.1) is 0 Å². The van der Waals surface area contributed by atoms with Crippen molar-refractivity contribution >= 4 is 11.7 Å². The molecule has 1 saturated heterocycles. The number of hydrogen-bond donors (Lipinski definition) is 0. The van der Waals surface area contributed by atoms with Crippen LogP contribution in [0.25, 0.3) is 0 Å². The monoisotopic (exact) mass is 394 g/mol. The van der Waals surface area contributed by atoms with Crippen LogP contribution in [0.3, 0.4) is 0 Å². The molecular weight excluding hydrogens is 373 g/mol. The van der Waals surface area contributed by atoms with Crippen molar-refractivity contribution in [3.05, 3.63) is 48.0 Å². The number of likely N-dealkylation sites (tertiary alicyclic amines) is 1. The number of amides is 1. The second-order valence-electron chi connectivity index (χ2n) is 6.88. The van der Waals surface area contributed by atoms with Crippen molar-refractivity contribution in [2.75, 3.05) is 13.1 Å². The van der Waals surface area contributed by atoms with Crippen LogP contribution in [0, 0.1) is 5.92 Å². The summed E-state index contributed by atoms with van der Waals surface area (Å²) >= 11 is 0. The van der Waals surface area contributed by atoms with Crippen LogP contribution in [0.1, 0.15) is 41.6 Å². The molecule has 1 fully saturated rings. The van der Waals surface area contributed by atoms with E-state index < -0.39 is 11.7 Å². The highest BCUT2D eigenvalue weighted by Gasteiger charge is 2.32. The number of aromatic nitrogens is 3. The third kappa shape index (κ3) is 4.96. The number of Topliss-reactive ketones (excluding diaryl/α,β-unsaturated/α-hetero) is 1. The minimum atomic E-state index is -4.43. The van der Waals surface area contributed by atoms with Crippen LogP contribution in [0.5, 0.6) is 0 Å². The zero-order valence-corrected chi connectivity index (χ0v) is 15.2. The molecule has 0 saturated carbocycles. The van der Waals surface area contributed by atoms with Gasteiger partial charge in [0.05, 0.1) is 5.56 Å². The van der Waals surface area contributed by atoms with Gasteiger partial charge in [-0.2, -0.15) is 18.3 Å². The van der Waals surface area contributed by atoms with Gasteiger partial charge in [0, 0.05) is 37.5 Å². The predicted octanol–water partition coefficient (Wildman–Crippen LogP) is 3.20. The normalized spacial score (nSPS) is 17.5. The fraction of sp³-hybridized carbons (Fsp3) is 0.474. The fourth-order valence-electron chi connectivity index (χ4n) is 3.38. The van der Waals surface area contributed by atoms with Crippen LogP contribution in [-0.2, 0) is 17.5 Å². The van der Waals surface area contributed by atoms with Gasteiger partial charge in [0.1, 0.15) is 12.7 Å². The predicted molar refractivity (Wildman–Crippen MR) is 94.3 cm³/mol. The number of nitrogens with zero attached hydrogens (tertiary/aromatic N) is 4. The van der Waals surface area contributed by atoms with Crippen LogP contribution < -0.4 is 0 Å². The highest BCUT2D eigenvalue weighted by atomic mass is 19.4. The van der Waals surface area contributed by atoms with Crippen LogP contribution in [0.4, 0.5) is 13.2 Å². The SMILES string of the molecule is O=C(c1ccc(C(F)(F)F)cc1)C1CCCN(C(=O)CCCn2cncn2)C1. The number of alkyl halides is 3. The number of carbonyl (C=O) groups excluding carboxylic acids is 2. The maximum Gasteiger partial charge on any atom is 0.416 e. The Balaban J connectivity index is 1.54. The molecule has 0 radical (unpaired) electrons. The molecule has 1 aromatic heterocycles. The summed E-state index contributed by atoms with van der Waals surface area (Å²) < 4.78 is 39.7. The first kappa shape index (κ1) is 20.0. The zero-order chi connectivity index (χ0) is 20.1. The molecular formula is C19H21F3N4O2. The van der Waals surface area contributed by atoms with Crippen molar-refractivity contribution in [2.24, 2.45) is 5.92 Å². The molecule has 1 amide bonds. The maximum atomic E-state index is 12.7. The van der Waals surface area contributed by atoms with Crippen molar-refractivity contribution in [1.82, 2.24) is 19.7 Å². The first-order valence-electron chi connectivity index (χ1n) is 9.16. The van der Waals surface area contributed by atoms with Crippen LogP contribution in [0.15, 0.2) is 36.9 Å². The first-order chi connectivity index (χ1) is 13.3. The van der Waals surface area contributed by atoms with Gasteiger partial charge < -0.3 is 4.90 Å². The third-order valence-corrected chi connectivity index (χ3v) is 4.89. The molecule has 0 N–H and O–H groups in total. The molecule has 2 aromatic rings. The average Bonchev–Trinajstić information content (AvgIpc) is 3.20. The summed E-state index contributed by atoms with van der Waals surface area (Å²) in [6, 6.07) is 4.26. The molecule has 150 valence electrons. The molecule has 28 heavy (non-hydrogen) atoms. The number of aryl methyl sites for hydroxylation is 1. The Hall–Kier alpha value is -2.71. The number of rotatable bonds is 6. The highest BCUT2D eigenvalue weighted by molar-refractivity contribution is 5.98. The van der Waals surface area contributed by atoms with E-state index in [2.05, 4.69) is 10.1 Å². The topological polar surface area (TPSA) is 68.1 Å². The Bertz CT molecular complexity index is 804. The number of halogens is 3. The van der Waals surface area contributed by atoms with Crippen molar-refractivity contribution in [3.63, 3.8) is 0 Å². The van der Waals surface area contributed by atoms with Gasteiger partial charge >= 0.3 is 6.18 Å². The zero-order valence-electron chi connectivity index (χ0n) is 15.2. The summed E-state index contributed by atoms with van der Waals surface area (Å²) in [4.78, 5) is 30.6. The van der Waals surface area contributed by atoms with E-state index in [-0.39, 0.29) is 23.2 Å². The van der Waals surface area contributed by atoms with E-state index in [4.69, 9.17) is 0 Å². The van der Waals surface area contributed by atoms with E-state index in [1.165, 1.54) is 18.5 Å². The van der Waals surface area contributed by atoms with Crippen LogP contribution in [-0.4, -0.2) is 44.4 Å². The van der Waals surface area contributed by atoms with Crippen molar-refractivity contribution in [2.45, 2.75) is 38.4 Å². The lowest BCUT2D eigenvalue weighted by Gasteiger charge is -2.32. The third-order valence-electron chi connectivity index (χ3n) is 4.89. The molecule has 1 atom stereocenters. The number of ketones is 1. The Morgan fingerprint density at radius 3 is 2.57 bits per heavy atom.